The molecule has 0 bridgehead atoms. The predicted octanol–water partition coefficient (Wildman–Crippen LogP) is 3.29. The minimum absolute atomic E-state index is 0.677. The van der Waals surface area contributed by atoms with Gasteiger partial charge >= 0.3 is 0 Å². The maximum atomic E-state index is 4.48. The normalized spacial score (nSPS) is 10.8. The summed E-state index contributed by atoms with van der Waals surface area (Å²) in [5.74, 6) is 2.84. The van der Waals surface area contributed by atoms with Crippen molar-refractivity contribution in [3.63, 3.8) is 0 Å². The lowest BCUT2D eigenvalue weighted by atomic mass is 10.3. The van der Waals surface area contributed by atoms with E-state index in [1.54, 1.807) is 11.3 Å². The molecule has 0 aliphatic heterocycles. The summed E-state index contributed by atoms with van der Waals surface area (Å²) >= 11 is 3.54. The lowest BCUT2D eigenvalue weighted by Gasteiger charge is -2.08. The van der Waals surface area contributed by atoms with Gasteiger partial charge in [0.1, 0.15) is 10.6 Å². The first-order valence-corrected chi connectivity index (χ1v) is 8.28. The summed E-state index contributed by atoms with van der Waals surface area (Å²) in [4.78, 5) is 9.93. The Morgan fingerprint density at radius 1 is 1.33 bits per heavy atom. The summed E-state index contributed by atoms with van der Waals surface area (Å²) in [6.45, 7) is 0.964. The Morgan fingerprint density at radius 3 is 3.00 bits per heavy atom. The topological polar surface area (TPSA) is 49.8 Å². The Labute approximate surface area is 116 Å². The van der Waals surface area contributed by atoms with Crippen LogP contribution < -0.4 is 10.6 Å². The highest BCUT2D eigenvalue weighted by molar-refractivity contribution is 7.98. The third-order valence-electron chi connectivity index (χ3n) is 2.62. The Morgan fingerprint density at radius 2 is 2.22 bits per heavy atom. The number of hydrogen-bond donors (Lipinski definition) is 2. The van der Waals surface area contributed by atoms with Crippen LogP contribution in [0.15, 0.2) is 11.4 Å². The van der Waals surface area contributed by atoms with Gasteiger partial charge in [-0.25, -0.2) is 4.98 Å². The molecule has 0 fully saturated rings. The van der Waals surface area contributed by atoms with E-state index in [-0.39, 0.29) is 0 Å². The number of anilines is 2. The lowest BCUT2D eigenvalue weighted by molar-refractivity contribution is 0.840. The molecule has 0 aliphatic carbocycles. The number of unbranched alkanes of at least 4 members (excludes halogenated alkanes) is 1. The maximum absolute atomic E-state index is 4.48. The van der Waals surface area contributed by atoms with Crippen LogP contribution in [0.5, 0.6) is 0 Å². The SMILES string of the molecule is CNc1nc(NCCCCSC)c2ccsc2n1. The van der Waals surface area contributed by atoms with E-state index in [2.05, 4.69) is 38.3 Å². The minimum Gasteiger partial charge on any atom is -0.369 e. The van der Waals surface area contributed by atoms with Gasteiger partial charge in [-0.2, -0.15) is 16.7 Å². The molecule has 98 valence electrons. The van der Waals surface area contributed by atoms with Crippen LogP contribution in [0.1, 0.15) is 12.8 Å². The molecule has 2 rings (SSSR count). The van der Waals surface area contributed by atoms with Crippen LogP contribution in [-0.2, 0) is 0 Å². The van der Waals surface area contributed by atoms with E-state index in [1.807, 2.05) is 18.8 Å². The highest BCUT2D eigenvalue weighted by Crippen LogP contribution is 2.26. The first kappa shape index (κ1) is 13.4. The molecule has 2 aromatic heterocycles. The average Bonchev–Trinajstić information content (AvgIpc) is 2.86. The van der Waals surface area contributed by atoms with E-state index in [9.17, 15) is 0 Å². The highest BCUT2D eigenvalue weighted by Gasteiger charge is 2.07. The molecule has 0 spiro atoms. The van der Waals surface area contributed by atoms with Crippen molar-refractivity contribution in [2.45, 2.75) is 12.8 Å². The first-order chi connectivity index (χ1) is 8.85. The van der Waals surface area contributed by atoms with Crippen LogP contribution in [0, 0.1) is 0 Å². The van der Waals surface area contributed by atoms with Crippen LogP contribution in [0.2, 0.25) is 0 Å². The zero-order chi connectivity index (χ0) is 12.8. The van der Waals surface area contributed by atoms with Gasteiger partial charge in [0.05, 0.1) is 5.39 Å². The van der Waals surface area contributed by atoms with Gasteiger partial charge in [0, 0.05) is 13.6 Å². The van der Waals surface area contributed by atoms with E-state index < -0.39 is 0 Å². The summed E-state index contributed by atoms with van der Waals surface area (Å²) in [6.07, 6.45) is 4.56. The van der Waals surface area contributed by atoms with Crippen LogP contribution in [0.25, 0.3) is 10.2 Å². The van der Waals surface area contributed by atoms with Crippen molar-refractivity contribution in [2.75, 3.05) is 36.2 Å². The number of nitrogens with one attached hydrogen (secondary N) is 2. The summed E-state index contributed by atoms with van der Waals surface area (Å²) in [7, 11) is 1.84. The van der Waals surface area contributed by atoms with Gasteiger partial charge in [-0.15, -0.1) is 11.3 Å². The molecule has 0 saturated carbocycles. The van der Waals surface area contributed by atoms with Gasteiger partial charge in [-0.1, -0.05) is 0 Å². The van der Waals surface area contributed by atoms with Crippen LogP contribution in [0.4, 0.5) is 11.8 Å². The van der Waals surface area contributed by atoms with Crippen molar-refractivity contribution in [1.29, 1.82) is 0 Å². The van der Waals surface area contributed by atoms with Crippen LogP contribution >= 0.6 is 23.1 Å². The lowest BCUT2D eigenvalue weighted by Crippen LogP contribution is -2.06. The summed E-state index contributed by atoms with van der Waals surface area (Å²) < 4.78 is 0. The third-order valence-corrected chi connectivity index (χ3v) is 4.12. The quantitative estimate of drug-likeness (QED) is 0.763. The van der Waals surface area contributed by atoms with Gasteiger partial charge in [0.25, 0.3) is 0 Å². The second-order valence-electron chi connectivity index (χ2n) is 3.91. The number of thiophene rings is 1. The van der Waals surface area contributed by atoms with E-state index in [1.165, 1.54) is 18.6 Å². The molecule has 0 amide bonds. The Hall–Kier alpha value is -1.01. The first-order valence-electron chi connectivity index (χ1n) is 6.01. The zero-order valence-electron chi connectivity index (χ0n) is 10.7. The Balaban J connectivity index is 2.04. The van der Waals surface area contributed by atoms with Gasteiger partial charge < -0.3 is 10.6 Å². The third kappa shape index (κ3) is 3.26. The molecular weight excluding hydrogens is 264 g/mol. The van der Waals surface area contributed by atoms with Crippen molar-refractivity contribution in [3.05, 3.63) is 11.4 Å². The molecular formula is C12H18N4S2. The number of nitrogens with zero attached hydrogens (tertiary/aromatic N) is 2. The van der Waals surface area contributed by atoms with Crippen molar-refractivity contribution in [1.82, 2.24) is 9.97 Å². The fourth-order valence-corrected chi connectivity index (χ4v) is 2.94. The molecule has 2 heterocycles. The fraction of sp³-hybridized carbons (Fsp3) is 0.500. The molecule has 4 nitrogen and oxygen atoms in total. The van der Waals surface area contributed by atoms with Crippen molar-refractivity contribution in [2.24, 2.45) is 0 Å². The number of aromatic nitrogens is 2. The monoisotopic (exact) mass is 282 g/mol. The molecule has 0 aromatic carbocycles. The van der Waals surface area contributed by atoms with Gasteiger partial charge in [0.2, 0.25) is 5.95 Å². The summed E-state index contributed by atoms with van der Waals surface area (Å²) in [5, 5.41) is 9.58. The number of thioether (sulfide) groups is 1. The predicted molar refractivity (Wildman–Crippen MR) is 83.1 cm³/mol. The number of hydrogen-bond acceptors (Lipinski definition) is 6. The molecule has 18 heavy (non-hydrogen) atoms. The Bertz CT molecular complexity index is 498. The highest BCUT2D eigenvalue weighted by atomic mass is 32.2. The van der Waals surface area contributed by atoms with Crippen molar-refractivity contribution >= 4 is 45.1 Å². The van der Waals surface area contributed by atoms with Crippen LogP contribution in [-0.4, -0.2) is 35.6 Å². The average molecular weight is 282 g/mol. The van der Waals surface area contributed by atoms with Crippen molar-refractivity contribution in [3.8, 4) is 0 Å². The largest absolute Gasteiger partial charge is 0.369 e. The van der Waals surface area contributed by atoms with E-state index in [4.69, 9.17) is 0 Å². The van der Waals surface area contributed by atoms with Crippen molar-refractivity contribution < 1.29 is 0 Å². The smallest absolute Gasteiger partial charge is 0.225 e. The summed E-state index contributed by atoms with van der Waals surface area (Å²) in [6, 6.07) is 2.07. The van der Waals surface area contributed by atoms with E-state index in [0.717, 1.165) is 22.6 Å². The standard InChI is InChI=1S/C12H18N4S2/c1-13-12-15-10(14-6-3-4-7-17-2)9-5-8-18-11(9)16-12/h5,8H,3-4,6-7H2,1-2H3,(H2,13,14,15,16). The summed E-state index contributed by atoms with van der Waals surface area (Å²) in [5.41, 5.74) is 0. The molecule has 6 heteroatoms. The molecule has 0 radical (unpaired) electrons. The van der Waals surface area contributed by atoms with Gasteiger partial charge in [-0.3, -0.25) is 0 Å². The number of fused-ring (bicyclic) bond motifs is 1. The molecule has 0 aliphatic rings. The van der Waals surface area contributed by atoms with Gasteiger partial charge in [-0.05, 0) is 36.3 Å². The van der Waals surface area contributed by atoms with Gasteiger partial charge in [0.15, 0.2) is 0 Å². The van der Waals surface area contributed by atoms with E-state index in [0.29, 0.717) is 5.95 Å². The Kier molecular flexibility index (Phi) is 5.07. The zero-order valence-corrected chi connectivity index (χ0v) is 12.3. The minimum atomic E-state index is 0.677. The molecule has 0 unspecified atom stereocenters. The van der Waals surface area contributed by atoms with E-state index >= 15 is 0 Å². The molecule has 0 saturated heterocycles. The molecule has 2 N–H and O–H groups in total. The fourth-order valence-electron chi connectivity index (χ4n) is 1.68. The number of rotatable bonds is 7. The second kappa shape index (κ2) is 6.80. The molecule has 0 atom stereocenters. The van der Waals surface area contributed by atoms with Crippen LogP contribution in [0.3, 0.4) is 0 Å². The molecule has 2 aromatic rings. The second-order valence-corrected chi connectivity index (χ2v) is 5.79. The maximum Gasteiger partial charge on any atom is 0.225 e.